The fourth-order valence-corrected chi connectivity index (χ4v) is 16.3. The van der Waals surface area contributed by atoms with Crippen LogP contribution in [0.15, 0.2) is 60.8 Å². The number of carbonyl (C=O) groups is 1. The van der Waals surface area contributed by atoms with Gasteiger partial charge in [-0.1, -0.05) is 83.9 Å². The zero-order chi connectivity index (χ0) is 42.7. The van der Waals surface area contributed by atoms with Gasteiger partial charge in [0.05, 0.1) is 23.0 Å². The number of ether oxygens (including phenoxy) is 3. The van der Waals surface area contributed by atoms with E-state index in [9.17, 15) is 9.90 Å². The Labute approximate surface area is 353 Å². The highest BCUT2D eigenvalue weighted by molar-refractivity contribution is 6.90. The quantitative estimate of drug-likeness (QED) is 0.0680. The first kappa shape index (κ1) is 41.7. The van der Waals surface area contributed by atoms with E-state index in [-0.39, 0.29) is 48.2 Å². The normalized spacial score (nSPS) is 20.2. The van der Waals surface area contributed by atoms with E-state index in [1.807, 2.05) is 24.3 Å². The molecule has 1 amide bonds. The highest BCUT2D eigenvalue weighted by atomic mass is 28.3. The molecule has 8 rings (SSSR count). The van der Waals surface area contributed by atoms with Crippen LogP contribution in [0, 0.1) is 17.3 Å². The number of aromatic nitrogens is 3. The molecule has 2 bridgehead atoms. The minimum Gasteiger partial charge on any atom is -0.468 e. The lowest BCUT2D eigenvalue weighted by molar-refractivity contribution is 0.0512. The molecular weight excluding hydrogens is 776 g/mol. The fourth-order valence-electron chi connectivity index (χ4n) is 11.1. The van der Waals surface area contributed by atoms with Crippen LogP contribution in [0.2, 0.25) is 16.6 Å². The number of anilines is 1. The van der Waals surface area contributed by atoms with Crippen molar-refractivity contribution in [3.05, 3.63) is 72.2 Å². The predicted octanol–water partition coefficient (Wildman–Crippen LogP) is 9.21. The van der Waals surface area contributed by atoms with Crippen molar-refractivity contribution in [2.75, 3.05) is 51.6 Å². The topological polar surface area (TPSA) is 113 Å². The van der Waals surface area contributed by atoms with Gasteiger partial charge in [-0.15, -0.1) is 5.54 Å². The number of piperazine rings is 1. The average Bonchev–Trinajstić information content (AvgIpc) is 3.77. The van der Waals surface area contributed by atoms with E-state index in [2.05, 4.69) is 76.0 Å². The molecule has 60 heavy (non-hydrogen) atoms. The Hall–Kier alpha value is -5.03. The first-order chi connectivity index (χ1) is 28.6. The minimum absolute atomic E-state index is 0.0113. The van der Waals surface area contributed by atoms with E-state index in [0.717, 1.165) is 66.3 Å². The van der Waals surface area contributed by atoms with Crippen LogP contribution in [0.4, 0.5) is 15.0 Å². The number of carboxylic acid groups (broad SMARTS) is 1. The number of hydrogen-bond acceptors (Lipinski definition) is 9. The van der Waals surface area contributed by atoms with Gasteiger partial charge < -0.3 is 24.2 Å². The summed E-state index contributed by atoms with van der Waals surface area (Å²) in [5.74, 6) is 3.99. The maximum Gasteiger partial charge on any atom is 0.407 e. The fraction of sp³-hybridized carbons (Fsp3) is 0.489. The van der Waals surface area contributed by atoms with Crippen molar-refractivity contribution in [2.45, 2.75) is 101 Å². The molecule has 4 aliphatic heterocycles. The van der Waals surface area contributed by atoms with Crippen molar-refractivity contribution in [1.29, 1.82) is 0 Å². The Balaban J connectivity index is 1.30. The third kappa shape index (κ3) is 7.20. The Kier molecular flexibility index (Phi) is 11.2. The van der Waals surface area contributed by atoms with E-state index in [1.54, 1.807) is 24.3 Å². The summed E-state index contributed by atoms with van der Waals surface area (Å²) >= 11 is 0. The van der Waals surface area contributed by atoms with Crippen LogP contribution in [0.25, 0.3) is 32.9 Å². The Morgan fingerprint density at radius 1 is 1.00 bits per heavy atom. The van der Waals surface area contributed by atoms with Gasteiger partial charge >= 0.3 is 12.1 Å². The first-order valence-corrected chi connectivity index (χ1v) is 23.4. The van der Waals surface area contributed by atoms with Gasteiger partial charge in [0, 0.05) is 56.0 Å². The molecule has 316 valence electrons. The van der Waals surface area contributed by atoms with Crippen LogP contribution in [-0.2, 0) is 4.74 Å². The molecule has 4 fully saturated rings. The molecule has 0 radical (unpaired) electrons. The lowest BCUT2D eigenvalue weighted by Gasteiger charge is -2.40. The van der Waals surface area contributed by atoms with Gasteiger partial charge in [-0.25, -0.2) is 9.18 Å². The van der Waals surface area contributed by atoms with E-state index < -0.39 is 20.0 Å². The molecule has 4 aromatic rings. The maximum atomic E-state index is 17.8. The van der Waals surface area contributed by atoms with Crippen LogP contribution < -0.4 is 14.4 Å². The van der Waals surface area contributed by atoms with Crippen LogP contribution in [0.3, 0.4) is 0 Å². The molecule has 11 nitrogen and oxygen atoms in total. The second-order valence-electron chi connectivity index (χ2n) is 18.3. The van der Waals surface area contributed by atoms with Crippen LogP contribution in [-0.4, -0.2) is 108 Å². The number of fused-ring (bicyclic) bond motifs is 5. The van der Waals surface area contributed by atoms with E-state index in [4.69, 9.17) is 29.2 Å². The van der Waals surface area contributed by atoms with Crippen molar-refractivity contribution < 1.29 is 28.5 Å². The molecular formula is C47H57FN6O5Si. The zero-order valence-electron chi connectivity index (χ0n) is 36.0. The Morgan fingerprint density at radius 3 is 2.28 bits per heavy atom. The SMILES string of the molecule is C=C1CN2CC(=C)CC2(COc2nc(N3C[C@H]4CC[C@@H](C3)N4C(=O)O)c3cnc(-c4cc(OCOC)cc5cccc(C#C[Si](C(C)C)(C(C)C)C(C)C)c45)c(F)c3n2)C1. The largest absolute Gasteiger partial charge is 0.468 e. The molecule has 0 aliphatic carbocycles. The lowest BCUT2D eigenvalue weighted by Crippen LogP contribution is -2.55. The van der Waals surface area contributed by atoms with Crippen molar-refractivity contribution in [1.82, 2.24) is 24.8 Å². The maximum absolute atomic E-state index is 17.8. The number of nitrogens with zero attached hydrogens (tertiary/aromatic N) is 6. The van der Waals surface area contributed by atoms with Crippen LogP contribution in [0.5, 0.6) is 11.8 Å². The zero-order valence-corrected chi connectivity index (χ0v) is 37.0. The summed E-state index contributed by atoms with van der Waals surface area (Å²) in [4.78, 5) is 32.8. The molecule has 4 aliphatic rings. The molecule has 0 spiro atoms. The second-order valence-corrected chi connectivity index (χ2v) is 23.9. The van der Waals surface area contributed by atoms with E-state index in [0.29, 0.717) is 52.2 Å². The molecule has 1 N–H and O–H groups in total. The van der Waals surface area contributed by atoms with Crippen molar-refractivity contribution in [2.24, 2.45) is 0 Å². The minimum atomic E-state index is -2.13. The Morgan fingerprint density at radius 2 is 1.67 bits per heavy atom. The number of rotatable bonds is 11. The van der Waals surface area contributed by atoms with Gasteiger partial charge in [0.1, 0.15) is 37.5 Å². The summed E-state index contributed by atoms with van der Waals surface area (Å²) in [6.45, 7) is 25.0. The van der Waals surface area contributed by atoms with Gasteiger partial charge in [-0.05, 0) is 65.9 Å². The molecule has 13 heteroatoms. The third-order valence-electron chi connectivity index (χ3n) is 13.6. The van der Waals surface area contributed by atoms with Crippen molar-refractivity contribution in [3.8, 4) is 34.5 Å². The molecule has 2 aromatic carbocycles. The summed E-state index contributed by atoms with van der Waals surface area (Å²) in [7, 11) is -0.568. The lowest BCUT2D eigenvalue weighted by atomic mass is 9.92. The summed E-state index contributed by atoms with van der Waals surface area (Å²) in [6.07, 6.45) is 3.75. The highest BCUT2D eigenvalue weighted by Crippen LogP contribution is 2.45. The third-order valence-corrected chi connectivity index (χ3v) is 19.9. The number of hydrogen-bond donors (Lipinski definition) is 1. The summed E-state index contributed by atoms with van der Waals surface area (Å²) < 4.78 is 35.5. The highest BCUT2D eigenvalue weighted by Gasteiger charge is 2.48. The van der Waals surface area contributed by atoms with Gasteiger partial charge in [0.25, 0.3) is 0 Å². The van der Waals surface area contributed by atoms with Crippen molar-refractivity contribution >= 4 is 41.7 Å². The average molecular weight is 833 g/mol. The molecule has 2 aromatic heterocycles. The number of pyridine rings is 1. The van der Waals surface area contributed by atoms with Gasteiger partial charge in [-0.3, -0.25) is 14.8 Å². The number of amides is 1. The Bertz CT molecular complexity index is 2390. The summed E-state index contributed by atoms with van der Waals surface area (Å²) in [5.41, 5.74) is 8.61. The molecule has 6 heterocycles. The van der Waals surface area contributed by atoms with Gasteiger partial charge in [0.2, 0.25) is 0 Å². The monoisotopic (exact) mass is 832 g/mol. The first-order valence-electron chi connectivity index (χ1n) is 21.2. The van der Waals surface area contributed by atoms with Crippen molar-refractivity contribution in [3.63, 3.8) is 0 Å². The van der Waals surface area contributed by atoms with Crippen LogP contribution in [0.1, 0.15) is 72.8 Å². The molecule has 4 saturated heterocycles. The standard InChI is InChI=1S/C47H57FN6O5Si/c1-28(2)60(29(3)4,30(5)6)16-15-33-11-10-12-34-17-37(59-27-57-9)18-38(40(33)34)42-41(48)43-39(21-49-42)44(52-24-35-13-14-36(25-52)54(35)46(55)56)51-45(50-43)58-26-47-19-31(7)22-53(47)23-32(8)20-47/h10-12,17-18,21,28-30,35-36H,7-8,13-14,19-20,22-27H2,1-6,9H3,(H,55,56)/t35-,36+. The molecule has 2 atom stereocenters. The van der Waals surface area contributed by atoms with E-state index in [1.165, 1.54) is 0 Å². The smallest absolute Gasteiger partial charge is 0.407 e. The number of benzene rings is 2. The summed E-state index contributed by atoms with van der Waals surface area (Å²) in [5, 5.41) is 12.1. The molecule has 0 unspecified atom stereocenters. The number of halogens is 1. The van der Waals surface area contributed by atoms with Crippen LogP contribution >= 0.6 is 0 Å². The summed E-state index contributed by atoms with van der Waals surface area (Å²) in [6, 6.07) is 9.32. The second kappa shape index (κ2) is 16.1. The van der Waals surface area contributed by atoms with Gasteiger partial charge in [-0.2, -0.15) is 9.97 Å². The van der Waals surface area contributed by atoms with E-state index >= 15 is 4.39 Å². The predicted molar refractivity (Wildman–Crippen MR) is 237 cm³/mol. The molecule has 0 saturated carbocycles. The van der Waals surface area contributed by atoms with Gasteiger partial charge in [0.15, 0.2) is 12.6 Å². The number of methoxy groups -OCH3 is 1.